The second-order valence-electron chi connectivity index (χ2n) is 11.5. The van der Waals surface area contributed by atoms with Crippen LogP contribution in [0, 0.1) is 0 Å². The van der Waals surface area contributed by atoms with E-state index in [1.807, 2.05) is 30.3 Å². The van der Waals surface area contributed by atoms with Gasteiger partial charge in [-0.15, -0.1) is 5.10 Å². The maximum absolute atomic E-state index is 13.5. The molecule has 3 aromatic carbocycles. The Morgan fingerprint density at radius 1 is 0.681 bits per heavy atom. The number of piperidine rings is 2. The molecule has 2 aliphatic heterocycles. The molecule has 0 spiro atoms. The molecule has 11 nitrogen and oxygen atoms in total. The maximum atomic E-state index is 13.5. The van der Waals surface area contributed by atoms with E-state index in [0.29, 0.717) is 53.5 Å². The molecular weight excluding hydrogens is 657 g/mol. The number of para-hydroxylation sites is 1. The van der Waals surface area contributed by atoms with Crippen LogP contribution in [-0.4, -0.2) is 72.9 Å². The first-order valence-corrected chi connectivity index (χ1v) is 19.3. The summed E-state index contributed by atoms with van der Waals surface area (Å²) in [6.07, 6.45) is 5.49. The minimum absolute atomic E-state index is 0.159. The molecule has 4 aromatic rings. The number of hydrogen-bond donors (Lipinski definition) is 0. The van der Waals surface area contributed by atoms with E-state index < -0.39 is 20.0 Å². The Kier molecular flexibility index (Phi) is 9.94. The van der Waals surface area contributed by atoms with Crippen LogP contribution in [0.15, 0.2) is 98.9 Å². The molecule has 0 unspecified atom stereocenters. The second kappa shape index (κ2) is 14.1. The number of carbonyl (C=O) groups is 1. The molecule has 0 saturated carbocycles. The molecule has 47 heavy (non-hydrogen) atoms. The van der Waals surface area contributed by atoms with Crippen molar-refractivity contribution in [2.24, 2.45) is 10.2 Å². The van der Waals surface area contributed by atoms with Gasteiger partial charge >= 0.3 is 0 Å². The molecule has 14 heteroatoms. The van der Waals surface area contributed by atoms with Gasteiger partial charge in [0.15, 0.2) is 5.01 Å². The van der Waals surface area contributed by atoms with Crippen molar-refractivity contribution in [3.63, 3.8) is 0 Å². The smallest absolute Gasteiger partial charge is 0.243 e. The minimum atomic E-state index is -3.62. The highest BCUT2D eigenvalue weighted by Gasteiger charge is 2.27. The second-order valence-corrected chi connectivity index (χ2v) is 16.4. The zero-order valence-corrected chi connectivity index (χ0v) is 28.5. The van der Waals surface area contributed by atoms with Crippen molar-refractivity contribution in [3.05, 3.63) is 99.8 Å². The lowest BCUT2D eigenvalue weighted by atomic mass is 10.1. The Hall–Kier alpha value is -3.82. The average molecular weight is 693 g/mol. The van der Waals surface area contributed by atoms with Gasteiger partial charge in [0.2, 0.25) is 30.6 Å². The minimum Gasteiger partial charge on any atom is -0.286 e. The third kappa shape index (κ3) is 7.21. The number of nitrogens with zero attached hydrogens (tertiary/aromatic N) is 6. The molecular formula is C33H36N6O5S3. The lowest BCUT2D eigenvalue weighted by Gasteiger charge is -2.25. The van der Waals surface area contributed by atoms with Crippen molar-refractivity contribution in [2.75, 3.05) is 26.2 Å². The summed E-state index contributed by atoms with van der Waals surface area (Å²) in [7, 11) is -7.16. The summed E-state index contributed by atoms with van der Waals surface area (Å²) >= 11 is 1.07. The van der Waals surface area contributed by atoms with Crippen molar-refractivity contribution in [1.82, 2.24) is 18.4 Å². The van der Waals surface area contributed by atoms with Gasteiger partial charge in [0.1, 0.15) is 0 Å². The molecule has 1 aromatic heterocycles. The Labute approximate surface area is 279 Å². The molecule has 0 amide bonds. The van der Waals surface area contributed by atoms with Crippen LogP contribution in [0.5, 0.6) is 0 Å². The van der Waals surface area contributed by atoms with Crippen LogP contribution in [0.25, 0.3) is 5.69 Å². The van der Waals surface area contributed by atoms with E-state index in [-0.39, 0.29) is 20.6 Å². The summed E-state index contributed by atoms with van der Waals surface area (Å²) in [5.74, 6) is -0.366. The Morgan fingerprint density at radius 2 is 1.17 bits per heavy atom. The monoisotopic (exact) mass is 692 g/mol. The van der Waals surface area contributed by atoms with Crippen molar-refractivity contribution in [2.45, 2.75) is 55.2 Å². The predicted octanol–water partition coefficient (Wildman–Crippen LogP) is 4.84. The molecule has 2 aliphatic rings. The highest BCUT2D eigenvalue weighted by atomic mass is 32.2. The molecule has 6 rings (SSSR count). The first-order chi connectivity index (χ1) is 22.6. The van der Waals surface area contributed by atoms with E-state index in [0.717, 1.165) is 49.9 Å². The zero-order valence-electron chi connectivity index (χ0n) is 26.0. The topological polar surface area (TPSA) is 134 Å². The van der Waals surface area contributed by atoms with Gasteiger partial charge in [-0.1, -0.05) is 54.5 Å². The van der Waals surface area contributed by atoms with Crippen molar-refractivity contribution < 1.29 is 21.6 Å². The summed E-state index contributed by atoms with van der Waals surface area (Å²) in [4.78, 5) is 14.3. The SMILES string of the molecule is C/C(=N\N=c1\sc(C(=O)c2ccc(S(=O)(=O)N3CCCCC3)cc2)nn1-c1ccccc1)c1ccc(S(=O)(=O)N2CCCCC2)cc1. The number of rotatable bonds is 9. The fraction of sp³-hybridized carbons (Fsp3) is 0.333. The summed E-state index contributed by atoms with van der Waals surface area (Å²) in [5.41, 5.74) is 2.25. The van der Waals surface area contributed by atoms with Crippen LogP contribution in [0.2, 0.25) is 0 Å². The number of hydrogen-bond acceptors (Lipinski definition) is 9. The van der Waals surface area contributed by atoms with Gasteiger partial charge in [0.25, 0.3) is 0 Å². The van der Waals surface area contributed by atoms with Gasteiger partial charge in [-0.25, -0.2) is 21.5 Å². The third-order valence-electron chi connectivity index (χ3n) is 8.33. The number of carbonyl (C=O) groups excluding carboxylic acids is 1. The number of sulfonamides is 2. The third-order valence-corrected chi connectivity index (χ3v) is 13.1. The molecule has 0 N–H and O–H groups in total. The first kappa shape index (κ1) is 33.1. The van der Waals surface area contributed by atoms with E-state index >= 15 is 0 Å². The van der Waals surface area contributed by atoms with Crippen molar-refractivity contribution in [3.8, 4) is 5.69 Å². The average Bonchev–Trinajstić information content (AvgIpc) is 3.56. The number of benzene rings is 3. The summed E-state index contributed by atoms with van der Waals surface area (Å²) in [5, 5.41) is 13.6. The van der Waals surface area contributed by atoms with Crippen LogP contribution in [0.3, 0.4) is 0 Å². The van der Waals surface area contributed by atoms with Gasteiger partial charge in [-0.2, -0.15) is 18.8 Å². The highest BCUT2D eigenvalue weighted by Crippen LogP contribution is 2.23. The molecule has 0 bridgehead atoms. The van der Waals surface area contributed by atoms with E-state index in [2.05, 4.69) is 15.3 Å². The normalized spacial score (nSPS) is 17.6. The van der Waals surface area contributed by atoms with Crippen molar-refractivity contribution in [1.29, 1.82) is 0 Å². The van der Waals surface area contributed by atoms with Crippen LogP contribution in [-0.2, 0) is 20.0 Å². The van der Waals surface area contributed by atoms with Crippen LogP contribution in [0.1, 0.15) is 66.4 Å². The quantitative estimate of drug-likeness (QED) is 0.140. The Bertz CT molecular complexity index is 2040. The molecule has 0 atom stereocenters. The molecule has 2 saturated heterocycles. The summed E-state index contributed by atoms with van der Waals surface area (Å²) in [6, 6.07) is 21.8. The van der Waals surface area contributed by atoms with Gasteiger partial charge in [-0.3, -0.25) is 4.79 Å². The van der Waals surface area contributed by atoms with Crippen LogP contribution < -0.4 is 4.80 Å². The highest BCUT2D eigenvalue weighted by molar-refractivity contribution is 7.89. The van der Waals surface area contributed by atoms with E-state index in [1.54, 1.807) is 35.5 Å². The van der Waals surface area contributed by atoms with E-state index in [9.17, 15) is 21.6 Å². The standard InChI is InChI=1S/C33H36N6O5S3/c1-25(26-13-17-29(18-14-26)46(41,42)37-21-7-3-8-22-37)34-35-33-39(28-11-5-2-6-12-28)36-32(45-33)31(40)27-15-19-30(20-16-27)47(43,44)38-23-9-4-10-24-38/h2,5-6,11-20H,3-4,7-10,21-24H2,1H3/b34-25+,35-33+. The molecule has 0 radical (unpaired) electrons. The fourth-order valence-corrected chi connectivity index (χ4v) is 9.48. The predicted molar refractivity (Wildman–Crippen MR) is 181 cm³/mol. The lowest BCUT2D eigenvalue weighted by Crippen LogP contribution is -2.35. The van der Waals surface area contributed by atoms with E-state index in [4.69, 9.17) is 0 Å². The fourth-order valence-electron chi connectivity index (χ4n) is 5.63. The number of ketones is 1. The Morgan fingerprint density at radius 3 is 1.68 bits per heavy atom. The lowest BCUT2D eigenvalue weighted by molar-refractivity contribution is 0.103. The van der Waals surface area contributed by atoms with Gasteiger partial charge < -0.3 is 0 Å². The van der Waals surface area contributed by atoms with Crippen LogP contribution >= 0.6 is 11.3 Å². The first-order valence-electron chi connectivity index (χ1n) is 15.6. The largest absolute Gasteiger partial charge is 0.286 e. The summed E-state index contributed by atoms with van der Waals surface area (Å²) < 4.78 is 56.8. The van der Waals surface area contributed by atoms with Crippen molar-refractivity contribution >= 4 is 42.9 Å². The molecule has 246 valence electrons. The number of aromatic nitrogens is 2. The Balaban J connectivity index is 1.27. The maximum Gasteiger partial charge on any atom is 0.243 e. The molecule has 0 aliphatic carbocycles. The molecule has 2 fully saturated rings. The van der Waals surface area contributed by atoms with E-state index in [1.165, 1.54) is 33.3 Å². The van der Waals surface area contributed by atoms with Gasteiger partial charge in [0, 0.05) is 31.7 Å². The van der Waals surface area contributed by atoms with Gasteiger partial charge in [-0.05, 0) is 86.7 Å². The summed E-state index contributed by atoms with van der Waals surface area (Å²) in [6.45, 7) is 3.85. The zero-order chi connectivity index (χ0) is 33.0. The van der Waals surface area contributed by atoms with Crippen LogP contribution in [0.4, 0.5) is 0 Å². The van der Waals surface area contributed by atoms with Gasteiger partial charge in [0.05, 0.1) is 21.2 Å². The molecule has 3 heterocycles.